The van der Waals surface area contributed by atoms with E-state index in [-0.39, 0.29) is 24.4 Å². The fourth-order valence-corrected chi connectivity index (χ4v) is 3.24. The van der Waals surface area contributed by atoms with Crippen LogP contribution in [0.15, 0.2) is 48.5 Å². The quantitative estimate of drug-likeness (QED) is 0.739. The van der Waals surface area contributed by atoms with Gasteiger partial charge in [-0.05, 0) is 36.8 Å². The molecule has 24 heavy (non-hydrogen) atoms. The van der Waals surface area contributed by atoms with Crippen LogP contribution >= 0.6 is 11.3 Å². The smallest absolute Gasteiger partial charge is 0.246 e. The number of halogens is 1. The van der Waals surface area contributed by atoms with Gasteiger partial charge in [-0.1, -0.05) is 24.3 Å². The Balaban J connectivity index is 1.47. The fourth-order valence-electron chi connectivity index (χ4n) is 2.33. The zero-order valence-corrected chi connectivity index (χ0v) is 14.0. The molecule has 1 heterocycles. The molecule has 1 amide bonds. The highest BCUT2D eigenvalue weighted by atomic mass is 32.1. The summed E-state index contributed by atoms with van der Waals surface area (Å²) in [6, 6.07) is 13.7. The minimum absolute atomic E-state index is 0.0402. The molecule has 4 nitrogen and oxygen atoms in total. The molecule has 0 saturated carbocycles. The van der Waals surface area contributed by atoms with E-state index < -0.39 is 0 Å². The number of hydrogen-bond acceptors (Lipinski definition) is 4. The van der Waals surface area contributed by atoms with Gasteiger partial charge in [0, 0.05) is 0 Å². The van der Waals surface area contributed by atoms with E-state index in [1.165, 1.54) is 12.1 Å². The maximum Gasteiger partial charge on any atom is 0.246 e. The predicted molar refractivity (Wildman–Crippen MR) is 92.2 cm³/mol. The number of carbonyl (C=O) groups is 1. The molecular formula is C18H17FN2O2S. The van der Waals surface area contributed by atoms with Crippen molar-refractivity contribution >= 4 is 27.5 Å². The van der Waals surface area contributed by atoms with Gasteiger partial charge in [0.2, 0.25) is 5.91 Å². The van der Waals surface area contributed by atoms with Crippen molar-refractivity contribution in [2.24, 2.45) is 0 Å². The first kappa shape index (κ1) is 16.5. The zero-order valence-electron chi connectivity index (χ0n) is 13.2. The second-order valence-electron chi connectivity index (χ2n) is 5.41. The van der Waals surface area contributed by atoms with E-state index in [9.17, 15) is 9.18 Å². The van der Waals surface area contributed by atoms with Crippen LogP contribution < -0.4 is 5.32 Å². The molecule has 0 bridgehead atoms. The number of fused-ring (bicyclic) bond motifs is 1. The van der Waals surface area contributed by atoms with Crippen LogP contribution in [-0.2, 0) is 16.1 Å². The lowest BCUT2D eigenvalue weighted by atomic mass is 10.1. The Kier molecular flexibility index (Phi) is 5.17. The highest BCUT2D eigenvalue weighted by Gasteiger charge is 2.10. The summed E-state index contributed by atoms with van der Waals surface area (Å²) >= 11 is 1.56. The molecule has 3 rings (SSSR count). The molecule has 0 fully saturated rings. The Hall–Kier alpha value is -2.31. The minimum Gasteiger partial charge on any atom is -0.364 e. The average molecular weight is 344 g/mol. The number of nitrogens with zero attached hydrogens (tertiary/aromatic N) is 1. The Morgan fingerprint density at radius 1 is 1.25 bits per heavy atom. The molecule has 0 aliphatic carbocycles. The molecule has 124 valence electrons. The van der Waals surface area contributed by atoms with Crippen LogP contribution in [-0.4, -0.2) is 17.5 Å². The highest BCUT2D eigenvalue weighted by molar-refractivity contribution is 7.18. The van der Waals surface area contributed by atoms with Crippen LogP contribution in [0.2, 0.25) is 0 Å². The monoisotopic (exact) mass is 344 g/mol. The normalized spacial score (nSPS) is 12.2. The van der Waals surface area contributed by atoms with Crippen LogP contribution in [0.1, 0.15) is 23.5 Å². The topological polar surface area (TPSA) is 51.2 Å². The van der Waals surface area contributed by atoms with Crippen LogP contribution in [0.25, 0.3) is 10.2 Å². The summed E-state index contributed by atoms with van der Waals surface area (Å²) in [7, 11) is 0. The zero-order chi connectivity index (χ0) is 16.9. The van der Waals surface area contributed by atoms with E-state index in [2.05, 4.69) is 10.3 Å². The summed E-state index contributed by atoms with van der Waals surface area (Å²) in [5.41, 5.74) is 1.78. The van der Waals surface area contributed by atoms with E-state index in [0.717, 1.165) is 20.8 Å². The van der Waals surface area contributed by atoms with E-state index in [4.69, 9.17) is 4.74 Å². The van der Waals surface area contributed by atoms with Crippen LogP contribution in [0.4, 0.5) is 4.39 Å². The third-order valence-corrected chi connectivity index (χ3v) is 4.55. The maximum atomic E-state index is 12.9. The van der Waals surface area contributed by atoms with Crippen molar-refractivity contribution in [1.29, 1.82) is 0 Å². The molecule has 2 aromatic carbocycles. The lowest BCUT2D eigenvalue weighted by molar-refractivity contribution is -0.126. The molecule has 3 aromatic rings. The molecule has 1 atom stereocenters. The van der Waals surface area contributed by atoms with Gasteiger partial charge < -0.3 is 10.1 Å². The van der Waals surface area contributed by atoms with Crippen molar-refractivity contribution < 1.29 is 13.9 Å². The molecule has 1 N–H and O–H groups in total. The molecule has 0 radical (unpaired) electrons. The van der Waals surface area contributed by atoms with Crippen LogP contribution in [0, 0.1) is 5.82 Å². The predicted octanol–water partition coefficient (Wildman–Crippen LogP) is 3.83. The number of aromatic nitrogens is 1. The van der Waals surface area contributed by atoms with Gasteiger partial charge in [-0.3, -0.25) is 4.79 Å². The first-order valence-corrected chi connectivity index (χ1v) is 8.40. The third-order valence-electron chi connectivity index (χ3n) is 3.54. The van der Waals surface area contributed by atoms with Crippen molar-refractivity contribution in [3.63, 3.8) is 0 Å². The largest absolute Gasteiger partial charge is 0.364 e. The summed E-state index contributed by atoms with van der Waals surface area (Å²) in [6.07, 6.45) is 0. The highest BCUT2D eigenvalue weighted by Crippen LogP contribution is 2.21. The van der Waals surface area contributed by atoms with Gasteiger partial charge in [0.15, 0.2) is 0 Å². The summed E-state index contributed by atoms with van der Waals surface area (Å²) in [5, 5.41) is 3.67. The molecule has 6 heteroatoms. The first-order chi connectivity index (χ1) is 11.6. The maximum absolute atomic E-state index is 12.9. The Morgan fingerprint density at radius 3 is 2.75 bits per heavy atom. The van der Waals surface area contributed by atoms with Gasteiger partial charge in [0.1, 0.15) is 17.4 Å². The van der Waals surface area contributed by atoms with Gasteiger partial charge in [-0.15, -0.1) is 11.3 Å². The summed E-state index contributed by atoms with van der Waals surface area (Å²) in [5.74, 6) is -0.510. The molecule has 0 saturated heterocycles. The number of rotatable bonds is 6. The number of nitrogens with one attached hydrogen (secondary N) is 1. The lowest BCUT2D eigenvalue weighted by Gasteiger charge is -2.14. The van der Waals surface area contributed by atoms with E-state index in [0.29, 0.717) is 6.61 Å². The van der Waals surface area contributed by atoms with Gasteiger partial charge >= 0.3 is 0 Å². The number of thiazole rings is 1. The average Bonchev–Trinajstić information content (AvgIpc) is 2.98. The van der Waals surface area contributed by atoms with Crippen LogP contribution in [0.5, 0.6) is 0 Å². The van der Waals surface area contributed by atoms with E-state index >= 15 is 0 Å². The van der Waals surface area contributed by atoms with Crippen molar-refractivity contribution in [2.75, 3.05) is 6.61 Å². The van der Waals surface area contributed by atoms with Gasteiger partial charge in [-0.2, -0.15) is 0 Å². The lowest BCUT2D eigenvalue weighted by Crippen LogP contribution is -2.30. The molecule has 0 aliphatic rings. The van der Waals surface area contributed by atoms with E-state index in [1.54, 1.807) is 23.5 Å². The van der Waals surface area contributed by atoms with Crippen molar-refractivity contribution in [2.45, 2.75) is 19.6 Å². The van der Waals surface area contributed by atoms with Gasteiger partial charge in [0.25, 0.3) is 0 Å². The summed E-state index contributed by atoms with van der Waals surface area (Å²) in [4.78, 5) is 16.4. The van der Waals surface area contributed by atoms with Gasteiger partial charge in [-0.25, -0.2) is 9.37 Å². The van der Waals surface area contributed by atoms with Crippen molar-refractivity contribution in [3.05, 3.63) is 64.9 Å². The molecule has 0 spiro atoms. The second-order valence-corrected chi connectivity index (χ2v) is 6.52. The molecule has 0 aliphatic heterocycles. The standard InChI is InChI=1S/C18H17FN2O2S/c1-12(13-6-8-14(19)9-7-13)20-17(22)10-23-11-18-21-15-4-2-3-5-16(15)24-18/h2-9,12H,10-11H2,1H3,(H,20,22). The first-order valence-electron chi connectivity index (χ1n) is 7.59. The minimum atomic E-state index is -0.295. The molecule has 1 unspecified atom stereocenters. The second kappa shape index (κ2) is 7.51. The van der Waals surface area contributed by atoms with E-state index in [1.807, 2.05) is 31.2 Å². The molecular weight excluding hydrogens is 327 g/mol. The Labute approximate surface area is 143 Å². The number of benzene rings is 2. The van der Waals surface area contributed by atoms with Crippen LogP contribution in [0.3, 0.4) is 0 Å². The third kappa shape index (κ3) is 4.15. The SMILES string of the molecule is CC(NC(=O)COCc1nc2ccccc2s1)c1ccc(F)cc1. The fraction of sp³-hybridized carbons (Fsp3) is 0.222. The van der Waals surface area contributed by atoms with Gasteiger partial charge in [0.05, 0.1) is 22.9 Å². The number of carbonyl (C=O) groups excluding carboxylic acids is 1. The number of ether oxygens (including phenoxy) is 1. The number of para-hydroxylation sites is 1. The number of hydrogen-bond donors (Lipinski definition) is 1. The number of amides is 1. The Bertz CT molecular complexity index is 799. The van der Waals surface area contributed by atoms with Crippen molar-refractivity contribution in [1.82, 2.24) is 10.3 Å². The molecule has 1 aromatic heterocycles. The summed E-state index contributed by atoms with van der Waals surface area (Å²) in [6.45, 7) is 2.11. The Morgan fingerprint density at radius 2 is 2.00 bits per heavy atom. The van der Waals surface area contributed by atoms with Crippen molar-refractivity contribution in [3.8, 4) is 0 Å². The summed E-state index contributed by atoms with van der Waals surface area (Å²) < 4.78 is 19.5.